The Morgan fingerprint density at radius 3 is 2.64 bits per heavy atom. The Kier molecular flexibility index (Phi) is 7.79. The van der Waals surface area contributed by atoms with Gasteiger partial charge in [-0.3, -0.25) is 4.79 Å². The number of nitriles is 1. The van der Waals surface area contributed by atoms with Crippen molar-refractivity contribution in [2.75, 3.05) is 5.75 Å². The number of hydrogen-bond acceptors (Lipinski definition) is 4. The van der Waals surface area contributed by atoms with E-state index in [9.17, 15) is 9.59 Å². The van der Waals surface area contributed by atoms with Crippen molar-refractivity contribution in [2.24, 2.45) is 0 Å². The van der Waals surface area contributed by atoms with E-state index >= 15 is 0 Å². The van der Waals surface area contributed by atoms with Gasteiger partial charge in [-0.2, -0.15) is 5.26 Å². The van der Waals surface area contributed by atoms with Crippen LogP contribution in [-0.4, -0.2) is 28.8 Å². The maximum atomic E-state index is 11.7. The second kappa shape index (κ2) is 9.64. The quantitative estimate of drug-likeness (QED) is 0.682. The van der Waals surface area contributed by atoms with Crippen LogP contribution in [0, 0.1) is 11.3 Å². The molecule has 1 aromatic rings. The first-order valence-electron chi connectivity index (χ1n) is 6.76. The predicted octanol–water partition coefficient (Wildman–Crippen LogP) is 2.33. The molecular weight excluding hydrogens is 300 g/mol. The molecule has 22 heavy (non-hydrogen) atoms. The van der Waals surface area contributed by atoms with Crippen molar-refractivity contribution in [1.82, 2.24) is 5.32 Å². The van der Waals surface area contributed by atoms with Gasteiger partial charge >= 0.3 is 5.97 Å². The van der Waals surface area contributed by atoms with E-state index in [2.05, 4.69) is 11.9 Å². The molecule has 5 nitrogen and oxygen atoms in total. The number of allylic oxidation sites excluding steroid dienone is 1. The molecule has 116 valence electrons. The highest BCUT2D eigenvalue weighted by atomic mass is 32.2. The number of amides is 1. The first kappa shape index (κ1) is 17.8. The van der Waals surface area contributed by atoms with Crippen molar-refractivity contribution in [2.45, 2.75) is 24.6 Å². The van der Waals surface area contributed by atoms with Gasteiger partial charge in [-0.1, -0.05) is 18.2 Å². The number of nitrogens with one attached hydrogen (secondary N) is 1. The Balaban J connectivity index is 2.36. The Labute approximate surface area is 134 Å². The minimum absolute atomic E-state index is 0.192. The van der Waals surface area contributed by atoms with Gasteiger partial charge in [0.2, 0.25) is 5.91 Å². The fourth-order valence-corrected chi connectivity index (χ4v) is 2.51. The molecule has 0 aromatic heterocycles. The van der Waals surface area contributed by atoms with Gasteiger partial charge in [-0.15, -0.1) is 18.3 Å². The van der Waals surface area contributed by atoms with Gasteiger partial charge in [0.1, 0.15) is 6.04 Å². The summed E-state index contributed by atoms with van der Waals surface area (Å²) in [5.41, 5.74) is 1.61. The molecule has 2 N–H and O–H groups in total. The smallest absolute Gasteiger partial charge is 0.326 e. The molecule has 1 amide bonds. The monoisotopic (exact) mass is 318 g/mol. The maximum Gasteiger partial charge on any atom is 0.326 e. The largest absolute Gasteiger partial charge is 0.480 e. The number of rotatable bonds is 9. The third-order valence-electron chi connectivity index (χ3n) is 2.88. The SMILES string of the molecule is C=CCCC(NC(=O)CSCc1ccc(C#N)cc1)C(=O)O. The lowest BCUT2D eigenvalue weighted by atomic mass is 10.1. The third-order valence-corrected chi connectivity index (χ3v) is 3.88. The third kappa shape index (κ3) is 6.46. The topological polar surface area (TPSA) is 90.2 Å². The second-order valence-corrected chi connectivity index (χ2v) is 5.61. The zero-order chi connectivity index (χ0) is 16.4. The average molecular weight is 318 g/mol. The number of thioether (sulfide) groups is 1. The summed E-state index contributed by atoms with van der Waals surface area (Å²) in [5.74, 6) is -0.510. The molecule has 0 saturated heterocycles. The van der Waals surface area contributed by atoms with E-state index in [1.807, 2.05) is 18.2 Å². The molecule has 1 rings (SSSR count). The molecule has 0 fully saturated rings. The normalized spacial score (nSPS) is 11.2. The molecule has 0 spiro atoms. The van der Waals surface area contributed by atoms with E-state index in [1.54, 1.807) is 18.2 Å². The molecule has 1 aromatic carbocycles. The highest BCUT2D eigenvalue weighted by Crippen LogP contribution is 2.13. The second-order valence-electron chi connectivity index (χ2n) is 4.63. The molecule has 0 saturated carbocycles. The fraction of sp³-hybridized carbons (Fsp3) is 0.312. The van der Waals surface area contributed by atoms with Gasteiger partial charge in [-0.05, 0) is 30.5 Å². The molecule has 0 aliphatic carbocycles. The Morgan fingerprint density at radius 1 is 1.41 bits per heavy atom. The van der Waals surface area contributed by atoms with E-state index in [-0.39, 0.29) is 11.7 Å². The van der Waals surface area contributed by atoms with Crippen LogP contribution in [0.4, 0.5) is 0 Å². The number of carboxylic acid groups (broad SMARTS) is 1. The number of carboxylic acids is 1. The molecule has 0 radical (unpaired) electrons. The van der Waals surface area contributed by atoms with Crippen molar-refractivity contribution in [1.29, 1.82) is 5.26 Å². The minimum Gasteiger partial charge on any atom is -0.480 e. The number of benzene rings is 1. The van der Waals surface area contributed by atoms with Gasteiger partial charge in [0, 0.05) is 5.75 Å². The van der Waals surface area contributed by atoms with Crippen LogP contribution in [0.25, 0.3) is 0 Å². The zero-order valence-electron chi connectivity index (χ0n) is 12.1. The highest BCUT2D eigenvalue weighted by Gasteiger charge is 2.18. The van der Waals surface area contributed by atoms with E-state index < -0.39 is 12.0 Å². The molecule has 0 heterocycles. The van der Waals surface area contributed by atoms with Crippen molar-refractivity contribution in [3.8, 4) is 6.07 Å². The highest BCUT2D eigenvalue weighted by molar-refractivity contribution is 7.99. The van der Waals surface area contributed by atoms with Crippen LogP contribution in [0.2, 0.25) is 0 Å². The van der Waals surface area contributed by atoms with E-state index in [0.717, 1.165) is 5.56 Å². The van der Waals surface area contributed by atoms with Crippen LogP contribution in [0.1, 0.15) is 24.0 Å². The summed E-state index contributed by atoms with van der Waals surface area (Å²) >= 11 is 1.40. The van der Waals surface area contributed by atoms with Gasteiger partial charge in [-0.25, -0.2) is 4.79 Å². The zero-order valence-corrected chi connectivity index (χ0v) is 12.9. The molecule has 1 unspecified atom stereocenters. The number of nitrogens with zero attached hydrogens (tertiary/aromatic N) is 1. The summed E-state index contributed by atoms with van der Waals surface area (Å²) in [6, 6.07) is 8.31. The van der Waals surface area contributed by atoms with E-state index in [0.29, 0.717) is 24.2 Å². The summed E-state index contributed by atoms with van der Waals surface area (Å²) in [4.78, 5) is 22.8. The molecule has 0 aliphatic rings. The summed E-state index contributed by atoms with van der Waals surface area (Å²) in [7, 11) is 0. The van der Waals surface area contributed by atoms with Crippen molar-refractivity contribution in [3.63, 3.8) is 0 Å². The first-order chi connectivity index (χ1) is 10.6. The standard InChI is InChI=1S/C16H18N2O3S/c1-2-3-4-14(16(20)21)18-15(19)11-22-10-13-7-5-12(9-17)6-8-13/h2,5-8,14H,1,3-4,10-11H2,(H,18,19)(H,20,21). The van der Waals surface area contributed by atoms with Crippen LogP contribution in [0.5, 0.6) is 0 Å². The minimum atomic E-state index is -1.03. The maximum absolute atomic E-state index is 11.7. The lowest BCUT2D eigenvalue weighted by Crippen LogP contribution is -2.41. The first-order valence-corrected chi connectivity index (χ1v) is 7.92. The predicted molar refractivity (Wildman–Crippen MR) is 86.3 cm³/mol. The van der Waals surface area contributed by atoms with Crippen molar-refractivity contribution < 1.29 is 14.7 Å². The van der Waals surface area contributed by atoms with Crippen molar-refractivity contribution in [3.05, 3.63) is 48.0 Å². The van der Waals surface area contributed by atoms with Crippen LogP contribution < -0.4 is 5.32 Å². The lowest BCUT2D eigenvalue weighted by Gasteiger charge is -2.13. The average Bonchev–Trinajstić information content (AvgIpc) is 2.51. The molecule has 1 atom stereocenters. The van der Waals surface area contributed by atoms with Crippen LogP contribution in [-0.2, 0) is 15.3 Å². The van der Waals surface area contributed by atoms with Crippen molar-refractivity contribution >= 4 is 23.6 Å². The molecule has 6 heteroatoms. The molecular formula is C16H18N2O3S. The Bertz CT molecular complexity index is 564. The number of aliphatic carboxylic acids is 1. The van der Waals surface area contributed by atoms with Crippen LogP contribution in [0.15, 0.2) is 36.9 Å². The van der Waals surface area contributed by atoms with Crippen LogP contribution in [0.3, 0.4) is 0 Å². The summed E-state index contributed by atoms with van der Waals surface area (Å²) in [5, 5.41) is 20.2. The number of carbonyl (C=O) groups excluding carboxylic acids is 1. The fourth-order valence-electron chi connectivity index (χ4n) is 1.71. The summed E-state index contributed by atoms with van der Waals surface area (Å²) < 4.78 is 0. The molecule has 0 bridgehead atoms. The molecule has 0 aliphatic heterocycles. The van der Waals surface area contributed by atoms with Gasteiger partial charge in [0.05, 0.1) is 17.4 Å². The Morgan fingerprint density at radius 2 is 2.09 bits per heavy atom. The summed E-state index contributed by atoms with van der Waals surface area (Å²) in [6.07, 6.45) is 2.50. The number of carbonyl (C=O) groups is 2. The van der Waals surface area contributed by atoms with Gasteiger partial charge in [0.15, 0.2) is 0 Å². The Hall–Kier alpha value is -2.26. The van der Waals surface area contributed by atoms with Gasteiger partial charge < -0.3 is 10.4 Å². The van der Waals surface area contributed by atoms with Gasteiger partial charge in [0.25, 0.3) is 0 Å². The van der Waals surface area contributed by atoms with E-state index in [4.69, 9.17) is 10.4 Å². The number of hydrogen-bond donors (Lipinski definition) is 2. The summed E-state index contributed by atoms with van der Waals surface area (Å²) in [6.45, 7) is 3.54. The lowest BCUT2D eigenvalue weighted by molar-refractivity contribution is -0.141. The van der Waals surface area contributed by atoms with E-state index in [1.165, 1.54) is 11.8 Å². The van der Waals surface area contributed by atoms with Crippen LogP contribution >= 0.6 is 11.8 Å².